The average Bonchev–Trinajstić information content (AvgIpc) is 2.81. The Bertz CT molecular complexity index is 1200. The second-order valence-electron chi connectivity index (χ2n) is 7.90. The van der Waals surface area contributed by atoms with Crippen molar-refractivity contribution >= 4 is 28.9 Å². The van der Waals surface area contributed by atoms with E-state index < -0.39 is 0 Å². The van der Waals surface area contributed by atoms with E-state index in [2.05, 4.69) is 30.5 Å². The van der Waals surface area contributed by atoms with Crippen LogP contribution in [0.4, 0.5) is 23.0 Å². The molecule has 172 valence electrons. The fraction of sp³-hybridized carbons (Fsp3) is 0.348. The summed E-state index contributed by atoms with van der Waals surface area (Å²) in [5, 5.41) is 6.09. The quantitative estimate of drug-likeness (QED) is 0.589. The van der Waals surface area contributed by atoms with Crippen LogP contribution in [0.15, 0.2) is 41.5 Å². The zero-order chi connectivity index (χ0) is 23.4. The molecule has 2 N–H and O–H groups in total. The number of rotatable bonds is 6. The highest BCUT2D eigenvalue weighted by atomic mass is 16.5. The van der Waals surface area contributed by atoms with Crippen molar-refractivity contribution in [3.63, 3.8) is 0 Å². The summed E-state index contributed by atoms with van der Waals surface area (Å²) in [6.45, 7) is 8.21. The van der Waals surface area contributed by atoms with Crippen LogP contribution < -0.4 is 21.1 Å². The maximum atomic E-state index is 12.4. The Morgan fingerprint density at radius 2 is 1.76 bits per heavy atom. The largest absolute Gasteiger partial charge is 0.378 e. The van der Waals surface area contributed by atoms with Gasteiger partial charge in [0.05, 0.1) is 19.5 Å². The van der Waals surface area contributed by atoms with Crippen molar-refractivity contribution in [2.45, 2.75) is 27.3 Å². The lowest BCUT2D eigenvalue weighted by atomic mass is 10.2. The van der Waals surface area contributed by atoms with Crippen molar-refractivity contribution < 1.29 is 9.53 Å². The van der Waals surface area contributed by atoms with Gasteiger partial charge in [-0.05, 0) is 45.0 Å². The molecule has 1 fully saturated rings. The molecule has 1 aliphatic heterocycles. The van der Waals surface area contributed by atoms with E-state index in [1.54, 1.807) is 26.0 Å². The summed E-state index contributed by atoms with van der Waals surface area (Å²) in [6, 6.07) is 9.21. The first-order chi connectivity index (χ1) is 15.9. The van der Waals surface area contributed by atoms with Gasteiger partial charge in [-0.3, -0.25) is 14.2 Å². The Labute approximate surface area is 191 Å². The molecule has 33 heavy (non-hydrogen) atoms. The Kier molecular flexibility index (Phi) is 6.64. The number of hydrogen-bond acceptors (Lipinski definition) is 8. The summed E-state index contributed by atoms with van der Waals surface area (Å²) in [4.78, 5) is 40.0. The number of hydrogen-bond donors (Lipinski definition) is 2. The fourth-order valence-electron chi connectivity index (χ4n) is 3.50. The molecule has 0 bridgehead atoms. The second kappa shape index (κ2) is 9.78. The Morgan fingerprint density at radius 3 is 2.48 bits per heavy atom. The van der Waals surface area contributed by atoms with Crippen molar-refractivity contribution in [3.05, 3.63) is 64.1 Å². The van der Waals surface area contributed by atoms with Crippen molar-refractivity contribution in [1.29, 1.82) is 0 Å². The molecule has 3 heterocycles. The third-order valence-electron chi connectivity index (χ3n) is 5.43. The van der Waals surface area contributed by atoms with Crippen LogP contribution >= 0.6 is 0 Å². The third kappa shape index (κ3) is 5.53. The fourth-order valence-corrected chi connectivity index (χ4v) is 3.50. The highest BCUT2D eigenvalue weighted by molar-refractivity contribution is 5.90. The number of anilines is 4. The van der Waals surface area contributed by atoms with E-state index in [4.69, 9.17) is 4.74 Å². The number of benzene rings is 1. The number of nitrogens with one attached hydrogen (secondary N) is 2. The van der Waals surface area contributed by atoms with E-state index in [9.17, 15) is 9.59 Å². The van der Waals surface area contributed by atoms with Gasteiger partial charge in [-0.25, -0.2) is 15.0 Å². The van der Waals surface area contributed by atoms with E-state index >= 15 is 0 Å². The van der Waals surface area contributed by atoms with Crippen LogP contribution in [0.2, 0.25) is 0 Å². The SMILES string of the molecule is Cc1nc(Nc2ccc(NC(=O)Cn3cnc(C)c(C)c3=O)cc2)cc(N2CCOCC2)n1. The van der Waals surface area contributed by atoms with Gasteiger partial charge in [-0.2, -0.15) is 0 Å². The van der Waals surface area contributed by atoms with Crippen LogP contribution in [-0.4, -0.2) is 51.7 Å². The molecule has 0 spiro atoms. The van der Waals surface area contributed by atoms with Crippen LogP contribution in [0, 0.1) is 20.8 Å². The van der Waals surface area contributed by atoms with E-state index in [0.29, 0.717) is 41.8 Å². The molecule has 10 nitrogen and oxygen atoms in total. The number of nitrogens with zero attached hydrogens (tertiary/aromatic N) is 5. The molecular weight excluding hydrogens is 422 g/mol. The topological polar surface area (TPSA) is 114 Å². The van der Waals surface area contributed by atoms with Crippen molar-refractivity contribution in [3.8, 4) is 0 Å². The average molecular weight is 450 g/mol. The highest BCUT2D eigenvalue weighted by Gasteiger charge is 2.14. The smallest absolute Gasteiger partial charge is 0.256 e. The van der Waals surface area contributed by atoms with Crippen molar-refractivity contribution in [2.75, 3.05) is 41.8 Å². The standard InChI is InChI=1S/C23H27N7O3/c1-15-16(2)24-14-30(23(15)32)13-22(31)28-19-6-4-18(5-7-19)27-20-12-21(26-17(3)25-20)29-8-10-33-11-9-29/h4-7,12,14H,8-11,13H2,1-3H3,(H,28,31)(H,25,26,27). The molecule has 0 unspecified atom stereocenters. The minimum atomic E-state index is -0.301. The van der Waals surface area contributed by atoms with E-state index in [1.807, 2.05) is 25.1 Å². The lowest BCUT2D eigenvalue weighted by Crippen LogP contribution is -2.36. The summed E-state index contributed by atoms with van der Waals surface area (Å²) in [5.74, 6) is 1.95. The van der Waals surface area contributed by atoms with Crippen LogP contribution in [0.5, 0.6) is 0 Å². The number of carbonyl (C=O) groups is 1. The summed E-state index contributed by atoms with van der Waals surface area (Å²) in [5.41, 5.74) is 2.44. The Hall–Kier alpha value is -3.79. The number of aromatic nitrogens is 4. The molecule has 0 atom stereocenters. The van der Waals surface area contributed by atoms with Gasteiger partial charge in [0.15, 0.2) is 0 Å². The van der Waals surface area contributed by atoms with Crippen molar-refractivity contribution in [1.82, 2.24) is 19.5 Å². The molecule has 0 saturated carbocycles. The Balaban J connectivity index is 1.39. The first-order valence-electron chi connectivity index (χ1n) is 10.8. The molecule has 0 aliphatic carbocycles. The molecule has 1 aromatic carbocycles. The zero-order valence-electron chi connectivity index (χ0n) is 19.0. The normalized spacial score (nSPS) is 13.6. The lowest BCUT2D eigenvalue weighted by Gasteiger charge is -2.28. The minimum absolute atomic E-state index is 0.0997. The number of amides is 1. The van der Waals surface area contributed by atoms with E-state index in [-0.39, 0.29) is 18.0 Å². The van der Waals surface area contributed by atoms with Crippen LogP contribution in [0.3, 0.4) is 0 Å². The maximum Gasteiger partial charge on any atom is 0.256 e. The molecule has 0 radical (unpaired) electrons. The maximum absolute atomic E-state index is 12.4. The van der Waals surface area contributed by atoms with Gasteiger partial charge >= 0.3 is 0 Å². The molecular formula is C23H27N7O3. The summed E-state index contributed by atoms with van der Waals surface area (Å²) >= 11 is 0. The van der Waals surface area contributed by atoms with Crippen LogP contribution in [0.1, 0.15) is 17.1 Å². The second-order valence-corrected chi connectivity index (χ2v) is 7.90. The molecule has 1 aliphatic rings. The van der Waals surface area contributed by atoms with Crippen LogP contribution in [-0.2, 0) is 16.1 Å². The molecule has 3 aromatic rings. The summed E-state index contributed by atoms with van der Waals surface area (Å²) in [7, 11) is 0. The molecule has 2 aromatic heterocycles. The predicted molar refractivity (Wildman–Crippen MR) is 126 cm³/mol. The zero-order valence-corrected chi connectivity index (χ0v) is 19.0. The molecule has 1 amide bonds. The minimum Gasteiger partial charge on any atom is -0.378 e. The van der Waals surface area contributed by atoms with Gasteiger partial charge in [-0.1, -0.05) is 0 Å². The third-order valence-corrected chi connectivity index (χ3v) is 5.43. The number of morpholine rings is 1. The van der Waals surface area contributed by atoms with Crippen molar-refractivity contribution in [2.24, 2.45) is 0 Å². The Morgan fingerprint density at radius 1 is 1.06 bits per heavy atom. The summed E-state index contributed by atoms with van der Waals surface area (Å²) < 4.78 is 6.72. The van der Waals surface area contributed by atoms with Gasteiger partial charge in [-0.15, -0.1) is 0 Å². The molecule has 4 rings (SSSR count). The van der Waals surface area contributed by atoms with Crippen LogP contribution in [0.25, 0.3) is 0 Å². The lowest BCUT2D eigenvalue weighted by molar-refractivity contribution is -0.116. The predicted octanol–water partition coefficient (Wildman–Crippen LogP) is 2.18. The van der Waals surface area contributed by atoms with E-state index in [1.165, 1.54) is 10.9 Å². The summed E-state index contributed by atoms with van der Waals surface area (Å²) in [6.07, 6.45) is 1.39. The molecule has 1 saturated heterocycles. The number of ether oxygens (including phenoxy) is 1. The monoisotopic (exact) mass is 449 g/mol. The van der Waals surface area contributed by atoms with E-state index in [0.717, 1.165) is 24.6 Å². The van der Waals surface area contributed by atoms with Gasteiger partial charge in [0.1, 0.15) is 24.0 Å². The number of carbonyl (C=O) groups excluding carboxylic acids is 1. The highest BCUT2D eigenvalue weighted by Crippen LogP contribution is 2.22. The number of aryl methyl sites for hydroxylation is 2. The first kappa shape index (κ1) is 22.4. The van der Waals surface area contributed by atoms with Gasteiger partial charge in [0.2, 0.25) is 5.91 Å². The molecule has 10 heteroatoms. The van der Waals surface area contributed by atoms with Gasteiger partial charge in [0.25, 0.3) is 5.56 Å². The van der Waals surface area contributed by atoms with Gasteiger partial charge in [0, 0.05) is 41.8 Å². The first-order valence-corrected chi connectivity index (χ1v) is 10.8. The van der Waals surface area contributed by atoms with Gasteiger partial charge < -0.3 is 20.3 Å².